The molecule has 1 aliphatic heterocycles. The minimum Gasteiger partial charge on any atom is -0.143 e. The Hall–Kier alpha value is 0.850. The molecule has 0 saturated carbocycles. The molecule has 0 N–H and O–H groups in total. The van der Waals surface area contributed by atoms with Crippen LogP contribution in [0.15, 0.2) is 44.8 Å². The van der Waals surface area contributed by atoms with Crippen molar-refractivity contribution >= 4 is 85.1 Å². The third-order valence-corrected chi connectivity index (χ3v) is 14.6. The van der Waals surface area contributed by atoms with Crippen molar-refractivity contribution in [1.29, 1.82) is 0 Å². The first-order valence-corrected chi connectivity index (χ1v) is 14.2. The van der Waals surface area contributed by atoms with Crippen LogP contribution in [0.25, 0.3) is 19.5 Å². The van der Waals surface area contributed by atoms with Crippen LogP contribution in [0, 0.1) is 0 Å². The van der Waals surface area contributed by atoms with E-state index in [-0.39, 0.29) is 0 Å². The predicted molar refractivity (Wildman–Crippen MR) is 105 cm³/mol. The van der Waals surface area contributed by atoms with Gasteiger partial charge in [-0.1, -0.05) is 12.1 Å². The first-order valence-electron chi connectivity index (χ1n) is 5.52. The summed E-state index contributed by atoms with van der Waals surface area (Å²) in [5, 5.41) is 4.33. The van der Waals surface area contributed by atoms with Crippen molar-refractivity contribution in [3.05, 3.63) is 35.0 Å². The maximum atomic E-state index is 2.23. The molecule has 3 aromatic heterocycles. The van der Waals surface area contributed by atoms with Gasteiger partial charge < -0.3 is 0 Å². The maximum Gasteiger partial charge on any atom is 0.0606 e. The summed E-state index contributed by atoms with van der Waals surface area (Å²) in [4.78, 5) is 8.55. The standard InChI is InChI=1S/C12H6S8/c1-3-7(13-5-1)9-11-12(17-19-20-18-16-11)10(15-9)8-4-2-6-14-8/h1-6H. The van der Waals surface area contributed by atoms with Crippen LogP contribution in [0.2, 0.25) is 0 Å². The fraction of sp³-hybridized carbons (Fsp3) is 0. The molecule has 0 atom stereocenters. The predicted octanol–water partition coefficient (Wildman–Crippen LogP) is 8.26. The Morgan fingerprint density at radius 3 is 1.65 bits per heavy atom. The van der Waals surface area contributed by atoms with Gasteiger partial charge in [0.2, 0.25) is 0 Å². The summed E-state index contributed by atoms with van der Waals surface area (Å²) >= 11 is 5.61. The van der Waals surface area contributed by atoms with E-state index in [0.29, 0.717) is 0 Å². The Bertz CT molecular complexity index is 635. The van der Waals surface area contributed by atoms with Gasteiger partial charge in [0.05, 0.1) is 19.5 Å². The summed E-state index contributed by atoms with van der Waals surface area (Å²) in [6.45, 7) is 0. The van der Waals surface area contributed by atoms with Crippen LogP contribution in [0.3, 0.4) is 0 Å². The van der Waals surface area contributed by atoms with Gasteiger partial charge in [0.15, 0.2) is 0 Å². The van der Waals surface area contributed by atoms with Gasteiger partial charge in [0.1, 0.15) is 0 Å². The number of hydrogen-bond donors (Lipinski definition) is 0. The van der Waals surface area contributed by atoms with Gasteiger partial charge >= 0.3 is 0 Å². The van der Waals surface area contributed by atoms with Gasteiger partial charge in [-0.05, 0) is 74.0 Å². The second kappa shape index (κ2) is 6.54. The van der Waals surface area contributed by atoms with Gasteiger partial charge in [0, 0.05) is 9.75 Å². The van der Waals surface area contributed by atoms with E-state index >= 15 is 0 Å². The lowest BCUT2D eigenvalue weighted by Gasteiger charge is -1.99. The van der Waals surface area contributed by atoms with Crippen molar-refractivity contribution in [3.8, 4) is 19.5 Å². The summed E-state index contributed by atoms with van der Waals surface area (Å²) in [6, 6.07) is 8.75. The fourth-order valence-corrected chi connectivity index (χ4v) is 14.7. The molecule has 0 bridgehead atoms. The molecular weight excluding hydrogens is 401 g/mol. The van der Waals surface area contributed by atoms with Gasteiger partial charge in [0.25, 0.3) is 0 Å². The average Bonchev–Trinajstić information content (AvgIpc) is 3.16. The highest BCUT2D eigenvalue weighted by Crippen LogP contribution is 2.65. The largest absolute Gasteiger partial charge is 0.143 e. The molecule has 0 aromatic carbocycles. The lowest BCUT2D eigenvalue weighted by atomic mass is 10.3. The van der Waals surface area contributed by atoms with Crippen molar-refractivity contribution in [2.24, 2.45) is 0 Å². The van der Waals surface area contributed by atoms with E-state index < -0.39 is 0 Å². The Labute approximate surface area is 148 Å². The van der Waals surface area contributed by atoms with Gasteiger partial charge in [-0.15, -0.1) is 34.0 Å². The van der Waals surface area contributed by atoms with Crippen molar-refractivity contribution in [3.63, 3.8) is 0 Å². The molecule has 0 saturated heterocycles. The molecule has 8 heteroatoms. The summed E-state index contributed by atoms with van der Waals surface area (Å²) in [5.74, 6) is 0. The Morgan fingerprint density at radius 1 is 0.650 bits per heavy atom. The Kier molecular flexibility index (Phi) is 4.72. The van der Waals surface area contributed by atoms with E-state index in [1.807, 2.05) is 85.1 Å². The van der Waals surface area contributed by atoms with Crippen molar-refractivity contribution in [2.75, 3.05) is 0 Å². The maximum absolute atomic E-state index is 2.23. The smallest absolute Gasteiger partial charge is 0.0606 e. The zero-order valence-electron chi connectivity index (χ0n) is 9.73. The topological polar surface area (TPSA) is 0 Å². The van der Waals surface area contributed by atoms with Crippen molar-refractivity contribution in [1.82, 2.24) is 0 Å². The zero-order valence-corrected chi connectivity index (χ0v) is 16.3. The normalized spacial score (nSPS) is 15.0. The van der Waals surface area contributed by atoms with E-state index in [1.54, 1.807) is 0 Å². The molecule has 1 aliphatic rings. The van der Waals surface area contributed by atoms with Crippen LogP contribution >= 0.6 is 85.1 Å². The third kappa shape index (κ3) is 2.74. The highest BCUT2D eigenvalue weighted by atomic mass is 33.8. The van der Waals surface area contributed by atoms with Gasteiger partial charge in [-0.25, -0.2) is 0 Å². The third-order valence-electron chi connectivity index (χ3n) is 2.60. The van der Waals surface area contributed by atoms with E-state index in [4.69, 9.17) is 0 Å². The average molecular weight is 407 g/mol. The number of thiophene rings is 3. The zero-order chi connectivity index (χ0) is 13.4. The van der Waals surface area contributed by atoms with Crippen LogP contribution in [-0.2, 0) is 0 Å². The summed E-state index contributed by atoms with van der Waals surface area (Å²) in [5.41, 5.74) is 0. The van der Waals surface area contributed by atoms with E-state index in [9.17, 15) is 0 Å². The molecule has 0 spiro atoms. The molecule has 0 nitrogen and oxygen atoms in total. The van der Waals surface area contributed by atoms with Crippen molar-refractivity contribution < 1.29 is 0 Å². The second-order valence-corrected chi connectivity index (χ2v) is 14.1. The van der Waals surface area contributed by atoms with E-state index in [1.165, 1.54) is 29.3 Å². The van der Waals surface area contributed by atoms with Crippen LogP contribution in [0.4, 0.5) is 0 Å². The monoisotopic (exact) mass is 406 g/mol. The molecule has 4 heterocycles. The number of rotatable bonds is 2. The number of hydrogen-bond acceptors (Lipinski definition) is 8. The van der Waals surface area contributed by atoms with Crippen LogP contribution < -0.4 is 0 Å². The highest BCUT2D eigenvalue weighted by Gasteiger charge is 2.25. The van der Waals surface area contributed by atoms with Crippen molar-refractivity contribution in [2.45, 2.75) is 9.79 Å². The first kappa shape index (κ1) is 14.4. The fourth-order valence-electron chi connectivity index (χ4n) is 1.80. The molecular formula is C12H6S8. The van der Waals surface area contributed by atoms with E-state index in [0.717, 1.165) is 0 Å². The lowest BCUT2D eigenvalue weighted by Crippen LogP contribution is -1.71. The minimum absolute atomic E-state index is 1.39. The number of fused-ring (bicyclic) bond motifs is 1. The molecule has 0 aliphatic carbocycles. The van der Waals surface area contributed by atoms with Gasteiger partial charge in [-0.3, -0.25) is 0 Å². The minimum atomic E-state index is 1.39. The molecule has 3 aromatic rings. The molecule has 0 radical (unpaired) electrons. The molecule has 0 fully saturated rings. The van der Waals surface area contributed by atoms with Crippen LogP contribution in [0.5, 0.6) is 0 Å². The summed E-state index contributed by atoms with van der Waals surface area (Å²) in [7, 11) is 9.43. The van der Waals surface area contributed by atoms with Crippen LogP contribution in [-0.4, -0.2) is 0 Å². The molecule has 102 valence electrons. The quantitative estimate of drug-likeness (QED) is 0.391. The van der Waals surface area contributed by atoms with Crippen LogP contribution in [0.1, 0.15) is 0 Å². The Balaban J connectivity index is 1.92. The van der Waals surface area contributed by atoms with E-state index in [2.05, 4.69) is 35.0 Å². The Morgan fingerprint density at radius 2 is 1.20 bits per heavy atom. The molecule has 0 unspecified atom stereocenters. The molecule has 20 heavy (non-hydrogen) atoms. The lowest BCUT2D eigenvalue weighted by molar-refractivity contribution is 1.37. The molecule has 0 amide bonds. The summed E-state index contributed by atoms with van der Waals surface area (Å²) < 4.78 is 0. The second-order valence-electron chi connectivity index (χ2n) is 3.74. The first-order chi connectivity index (χ1) is 9.93. The molecule has 4 rings (SSSR count). The highest BCUT2D eigenvalue weighted by molar-refractivity contribution is 9.36. The SMILES string of the molecule is c1csc(-c2sc(-c3cccs3)c3c2SSSSS3)c1. The van der Waals surface area contributed by atoms with Gasteiger partial charge in [-0.2, -0.15) is 0 Å². The summed E-state index contributed by atoms with van der Waals surface area (Å²) in [6.07, 6.45) is 0.